The molecule has 0 bridgehead atoms. The lowest BCUT2D eigenvalue weighted by atomic mass is 10.0. The van der Waals surface area contributed by atoms with E-state index in [4.69, 9.17) is 9.47 Å². The van der Waals surface area contributed by atoms with Gasteiger partial charge < -0.3 is 9.47 Å². The lowest BCUT2D eigenvalue weighted by Crippen LogP contribution is -2.15. The van der Waals surface area contributed by atoms with Gasteiger partial charge in [0.15, 0.2) is 0 Å². The molecule has 0 aliphatic heterocycles. The van der Waals surface area contributed by atoms with Gasteiger partial charge in [0.25, 0.3) is 0 Å². The Morgan fingerprint density at radius 2 is 1.19 bits per heavy atom. The molecule has 2 aromatic carbocycles. The molecule has 0 aliphatic rings. The van der Waals surface area contributed by atoms with Gasteiger partial charge in [-0.2, -0.15) is 0 Å². The first-order chi connectivity index (χ1) is 12.6. The van der Waals surface area contributed by atoms with E-state index in [2.05, 4.69) is 26.0 Å². The Kier molecular flexibility index (Phi) is 7.71. The molecule has 0 atom stereocenters. The number of benzene rings is 2. The highest BCUT2D eigenvalue weighted by atomic mass is 16.7. The summed E-state index contributed by atoms with van der Waals surface area (Å²) >= 11 is 0. The number of hydrogen-bond donors (Lipinski definition) is 0. The number of ether oxygens (including phenoxy) is 2. The third-order valence-electron chi connectivity index (χ3n) is 4.78. The Labute approximate surface area is 157 Å². The van der Waals surface area contributed by atoms with Crippen molar-refractivity contribution in [3.05, 3.63) is 58.7 Å². The van der Waals surface area contributed by atoms with Gasteiger partial charge in [-0.1, -0.05) is 51.0 Å². The number of unbranched alkanes of at least 4 members (excludes halogenated alkanes) is 2. The molecule has 2 rings (SSSR count). The zero-order valence-electron chi connectivity index (χ0n) is 16.4. The summed E-state index contributed by atoms with van der Waals surface area (Å²) in [6.07, 6.45) is 5.83. The summed E-state index contributed by atoms with van der Waals surface area (Å²) in [5, 5.41) is 0. The van der Waals surface area contributed by atoms with Crippen molar-refractivity contribution in [2.24, 2.45) is 0 Å². The maximum Gasteiger partial charge on any atom is 0.519 e. The second kappa shape index (κ2) is 10.0. The first-order valence-corrected chi connectivity index (χ1v) is 9.63. The van der Waals surface area contributed by atoms with Crippen LogP contribution in [0.4, 0.5) is 4.79 Å². The van der Waals surface area contributed by atoms with E-state index in [-0.39, 0.29) is 0 Å². The fourth-order valence-corrected chi connectivity index (χ4v) is 3.02. The molecule has 0 amide bonds. The summed E-state index contributed by atoms with van der Waals surface area (Å²) in [6, 6.07) is 11.7. The zero-order chi connectivity index (χ0) is 18.9. The zero-order valence-corrected chi connectivity index (χ0v) is 16.4. The fourth-order valence-electron chi connectivity index (χ4n) is 3.02. The molecular formula is C23H30O3. The van der Waals surface area contributed by atoms with Crippen LogP contribution >= 0.6 is 0 Å². The molecule has 3 nitrogen and oxygen atoms in total. The van der Waals surface area contributed by atoms with Crippen LogP contribution in [0, 0.1) is 13.8 Å². The second-order valence-corrected chi connectivity index (χ2v) is 6.74. The number of aryl methyl sites for hydroxylation is 2. The average molecular weight is 354 g/mol. The Bertz CT molecular complexity index is 673. The van der Waals surface area contributed by atoms with E-state index in [0.29, 0.717) is 11.5 Å². The predicted molar refractivity (Wildman–Crippen MR) is 106 cm³/mol. The molecule has 0 aromatic heterocycles. The molecule has 0 saturated heterocycles. The van der Waals surface area contributed by atoms with E-state index in [1.807, 2.05) is 38.1 Å². The maximum absolute atomic E-state index is 12.3. The summed E-state index contributed by atoms with van der Waals surface area (Å²) in [5.74, 6) is 1.15. The molecule has 2 aromatic rings. The van der Waals surface area contributed by atoms with E-state index in [9.17, 15) is 4.79 Å². The summed E-state index contributed by atoms with van der Waals surface area (Å²) in [7, 11) is 0. The monoisotopic (exact) mass is 354 g/mol. The van der Waals surface area contributed by atoms with Crippen LogP contribution in [-0.2, 0) is 12.8 Å². The van der Waals surface area contributed by atoms with Crippen LogP contribution in [-0.4, -0.2) is 6.16 Å². The van der Waals surface area contributed by atoms with Gasteiger partial charge in [0.1, 0.15) is 11.5 Å². The number of rotatable bonds is 8. The van der Waals surface area contributed by atoms with Crippen molar-refractivity contribution < 1.29 is 14.3 Å². The van der Waals surface area contributed by atoms with Crippen molar-refractivity contribution >= 4 is 6.16 Å². The SMILES string of the molecule is CCCCc1cccc(OC(=O)Oc2cccc(CCCC)c2C)c1C. The predicted octanol–water partition coefficient (Wildman–Crippen LogP) is 6.57. The molecule has 0 saturated carbocycles. The number of hydrogen-bond acceptors (Lipinski definition) is 3. The minimum atomic E-state index is -0.684. The Morgan fingerprint density at radius 1 is 0.769 bits per heavy atom. The van der Waals surface area contributed by atoms with Crippen LogP contribution in [0.3, 0.4) is 0 Å². The Hall–Kier alpha value is -2.29. The minimum Gasteiger partial charge on any atom is -0.394 e. The summed E-state index contributed by atoms with van der Waals surface area (Å²) in [4.78, 5) is 12.3. The van der Waals surface area contributed by atoms with E-state index < -0.39 is 6.16 Å². The van der Waals surface area contributed by atoms with Crippen LogP contribution in [0.25, 0.3) is 0 Å². The van der Waals surface area contributed by atoms with Gasteiger partial charge in [0.2, 0.25) is 0 Å². The first kappa shape index (κ1) is 20.0. The average Bonchev–Trinajstić information content (AvgIpc) is 2.63. The molecule has 0 spiro atoms. The second-order valence-electron chi connectivity index (χ2n) is 6.74. The van der Waals surface area contributed by atoms with E-state index in [1.165, 1.54) is 11.1 Å². The first-order valence-electron chi connectivity index (χ1n) is 9.63. The molecule has 0 unspecified atom stereocenters. The maximum atomic E-state index is 12.3. The lowest BCUT2D eigenvalue weighted by molar-refractivity contribution is 0.151. The molecule has 3 heteroatoms. The molecule has 0 heterocycles. The summed E-state index contributed by atoms with van der Waals surface area (Å²) in [6.45, 7) is 8.32. The third kappa shape index (κ3) is 5.35. The van der Waals surface area contributed by atoms with Gasteiger partial charge in [-0.3, -0.25) is 0 Å². The van der Waals surface area contributed by atoms with Crippen molar-refractivity contribution in [1.29, 1.82) is 0 Å². The molecule has 0 radical (unpaired) electrons. The molecule has 140 valence electrons. The quantitative estimate of drug-likeness (QED) is 0.397. The Balaban J connectivity index is 2.07. The van der Waals surface area contributed by atoms with E-state index >= 15 is 0 Å². The highest BCUT2D eigenvalue weighted by Crippen LogP contribution is 2.26. The van der Waals surface area contributed by atoms with Crippen LogP contribution < -0.4 is 9.47 Å². The minimum absolute atomic E-state index is 0.573. The summed E-state index contributed by atoms with van der Waals surface area (Å²) in [5.41, 5.74) is 4.45. The van der Waals surface area contributed by atoms with Crippen LogP contribution in [0.15, 0.2) is 36.4 Å². The van der Waals surface area contributed by atoms with Gasteiger partial charge in [0.05, 0.1) is 0 Å². The fraction of sp³-hybridized carbons (Fsp3) is 0.435. The Morgan fingerprint density at radius 3 is 1.58 bits per heavy atom. The number of carbonyl (C=O) groups is 1. The standard InChI is InChI=1S/C23H30O3/c1-5-7-11-19-13-9-15-21(17(19)3)25-23(24)26-22-16-10-14-20(18(22)4)12-8-6-2/h9-10,13-16H,5-8,11-12H2,1-4H3. The van der Waals surface area contributed by atoms with Gasteiger partial charge in [0, 0.05) is 0 Å². The highest BCUT2D eigenvalue weighted by molar-refractivity contribution is 5.68. The van der Waals surface area contributed by atoms with Crippen molar-refractivity contribution in [3.8, 4) is 11.5 Å². The van der Waals surface area contributed by atoms with Crippen molar-refractivity contribution in [2.45, 2.75) is 66.2 Å². The lowest BCUT2D eigenvalue weighted by Gasteiger charge is -2.13. The van der Waals surface area contributed by atoms with Crippen molar-refractivity contribution in [1.82, 2.24) is 0 Å². The normalized spacial score (nSPS) is 10.6. The summed E-state index contributed by atoms with van der Waals surface area (Å²) < 4.78 is 11.0. The van der Waals surface area contributed by atoms with Gasteiger partial charge in [-0.25, -0.2) is 4.79 Å². The van der Waals surface area contributed by atoms with E-state index in [1.54, 1.807) is 0 Å². The van der Waals surface area contributed by atoms with Gasteiger partial charge in [-0.05, 0) is 73.9 Å². The van der Waals surface area contributed by atoms with Crippen LogP contribution in [0.5, 0.6) is 11.5 Å². The molecule has 0 aliphatic carbocycles. The van der Waals surface area contributed by atoms with Crippen molar-refractivity contribution in [2.75, 3.05) is 0 Å². The molecule has 0 fully saturated rings. The van der Waals surface area contributed by atoms with Gasteiger partial charge >= 0.3 is 6.16 Å². The smallest absolute Gasteiger partial charge is 0.394 e. The van der Waals surface area contributed by atoms with E-state index in [0.717, 1.165) is 49.7 Å². The third-order valence-corrected chi connectivity index (χ3v) is 4.78. The van der Waals surface area contributed by atoms with Crippen LogP contribution in [0.2, 0.25) is 0 Å². The molecule has 26 heavy (non-hydrogen) atoms. The largest absolute Gasteiger partial charge is 0.519 e. The number of carbonyl (C=O) groups excluding carboxylic acids is 1. The highest BCUT2D eigenvalue weighted by Gasteiger charge is 2.14. The molecular weight excluding hydrogens is 324 g/mol. The van der Waals surface area contributed by atoms with Crippen molar-refractivity contribution in [3.63, 3.8) is 0 Å². The van der Waals surface area contributed by atoms with Gasteiger partial charge in [-0.15, -0.1) is 0 Å². The van der Waals surface area contributed by atoms with Crippen LogP contribution in [0.1, 0.15) is 61.8 Å². The topological polar surface area (TPSA) is 35.5 Å². The molecule has 0 N–H and O–H groups in total.